The second kappa shape index (κ2) is 7.97. The van der Waals surface area contributed by atoms with Crippen LogP contribution in [-0.4, -0.2) is 34.0 Å². The van der Waals surface area contributed by atoms with Gasteiger partial charge < -0.3 is 9.84 Å². The second-order valence-corrected chi connectivity index (χ2v) is 6.00. The number of hydrogen-bond acceptors (Lipinski definition) is 6. The summed E-state index contributed by atoms with van der Waals surface area (Å²) in [6.07, 6.45) is 1.15. The first-order chi connectivity index (χ1) is 13.4. The number of carbonyl (C=O) groups excluding carboxylic acids is 1. The van der Waals surface area contributed by atoms with Crippen LogP contribution in [0.4, 0.5) is 10.1 Å². The number of aromatic amines is 1. The summed E-state index contributed by atoms with van der Waals surface area (Å²) in [5.41, 5.74) is 0.229. The van der Waals surface area contributed by atoms with Crippen LogP contribution in [0.2, 0.25) is 0 Å². The maximum atomic E-state index is 13.2. The predicted octanol–water partition coefficient (Wildman–Crippen LogP) is 3.28. The Balaban J connectivity index is 2.06. The number of methoxy groups -OCH3 is 1. The highest BCUT2D eigenvalue weighted by Crippen LogP contribution is 2.20. The molecule has 28 heavy (non-hydrogen) atoms. The largest absolute Gasteiger partial charge is 0.494 e. The van der Waals surface area contributed by atoms with Gasteiger partial charge in [-0.3, -0.25) is 19.3 Å². The number of aliphatic imine (C=N–C) groups is 1. The third-order valence-electron chi connectivity index (χ3n) is 3.82. The molecule has 3 rings (SSSR count). The average Bonchev–Trinajstić information content (AvgIpc) is 2.68. The van der Waals surface area contributed by atoms with E-state index in [-0.39, 0.29) is 15.9 Å². The molecule has 0 unspecified atom stereocenters. The SMILES string of the molecule is COC(=O)c1cccc(N=Cc2c(O)n(-c3ccc(F)cc3)c(=S)[nH]c2=O)c1. The van der Waals surface area contributed by atoms with Crippen LogP contribution < -0.4 is 5.56 Å². The fourth-order valence-corrected chi connectivity index (χ4v) is 2.74. The molecule has 142 valence electrons. The molecule has 0 atom stereocenters. The zero-order valence-corrected chi connectivity index (χ0v) is 15.4. The quantitative estimate of drug-likeness (QED) is 0.399. The van der Waals surface area contributed by atoms with Crippen LogP contribution >= 0.6 is 12.2 Å². The third kappa shape index (κ3) is 3.89. The molecule has 2 aromatic carbocycles. The van der Waals surface area contributed by atoms with Crippen molar-refractivity contribution in [2.45, 2.75) is 0 Å². The molecule has 7 nitrogen and oxygen atoms in total. The van der Waals surface area contributed by atoms with Gasteiger partial charge in [0.15, 0.2) is 4.77 Å². The molecule has 0 aliphatic heterocycles. The maximum Gasteiger partial charge on any atom is 0.337 e. The Morgan fingerprint density at radius 3 is 2.68 bits per heavy atom. The number of halogens is 1. The van der Waals surface area contributed by atoms with Gasteiger partial charge in [0.2, 0.25) is 5.88 Å². The summed E-state index contributed by atoms with van der Waals surface area (Å²) in [6.45, 7) is 0. The van der Waals surface area contributed by atoms with E-state index in [0.717, 1.165) is 6.21 Å². The molecule has 3 aromatic rings. The molecule has 1 aromatic heterocycles. The first-order valence-electron chi connectivity index (χ1n) is 7.97. The fraction of sp³-hybridized carbons (Fsp3) is 0.0526. The summed E-state index contributed by atoms with van der Waals surface area (Å²) < 4.78 is 18.9. The van der Waals surface area contributed by atoms with E-state index in [1.165, 1.54) is 42.0 Å². The molecule has 0 radical (unpaired) electrons. The lowest BCUT2D eigenvalue weighted by Gasteiger charge is -2.11. The number of H-pyrrole nitrogens is 1. The first kappa shape index (κ1) is 19.2. The topological polar surface area (TPSA) is 96.7 Å². The van der Waals surface area contributed by atoms with E-state index in [4.69, 9.17) is 12.2 Å². The van der Waals surface area contributed by atoms with Gasteiger partial charge >= 0.3 is 5.97 Å². The van der Waals surface area contributed by atoms with E-state index in [1.807, 2.05) is 0 Å². The predicted molar refractivity (Wildman–Crippen MR) is 104 cm³/mol. The number of esters is 1. The monoisotopic (exact) mass is 399 g/mol. The highest BCUT2D eigenvalue weighted by molar-refractivity contribution is 7.71. The van der Waals surface area contributed by atoms with E-state index in [0.29, 0.717) is 11.4 Å². The Hall–Kier alpha value is -3.59. The van der Waals surface area contributed by atoms with Gasteiger partial charge in [0, 0.05) is 6.21 Å². The van der Waals surface area contributed by atoms with Crippen molar-refractivity contribution in [3.05, 3.63) is 80.6 Å². The smallest absolute Gasteiger partial charge is 0.337 e. The molecular formula is C19H14FN3O4S. The molecule has 9 heteroatoms. The summed E-state index contributed by atoms with van der Waals surface area (Å²) in [4.78, 5) is 30.4. The van der Waals surface area contributed by atoms with E-state index >= 15 is 0 Å². The maximum absolute atomic E-state index is 13.2. The van der Waals surface area contributed by atoms with Crippen LogP contribution in [0.15, 0.2) is 58.3 Å². The van der Waals surface area contributed by atoms with Crippen LogP contribution in [0.5, 0.6) is 5.88 Å². The Morgan fingerprint density at radius 1 is 1.29 bits per heavy atom. The molecule has 0 aliphatic carbocycles. The number of hydrogen-bond donors (Lipinski definition) is 2. The van der Waals surface area contributed by atoms with Crippen molar-refractivity contribution >= 4 is 30.1 Å². The van der Waals surface area contributed by atoms with E-state index in [9.17, 15) is 19.1 Å². The van der Waals surface area contributed by atoms with Crippen molar-refractivity contribution in [3.63, 3.8) is 0 Å². The highest BCUT2D eigenvalue weighted by Gasteiger charge is 2.13. The Bertz CT molecular complexity index is 1180. The summed E-state index contributed by atoms with van der Waals surface area (Å²) in [6, 6.07) is 11.5. The second-order valence-electron chi connectivity index (χ2n) is 5.61. The number of nitrogens with zero attached hydrogens (tertiary/aromatic N) is 2. The minimum absolute atomic E-state index is 0.0565. The average molecular weight is 399 g/mol. The van der Waals surface area contributed by atoms with E-state index in [1.54, 1.807) is 18.2 Å². The summed E-state index contributed by atoms with van der Waals surface area (Å²) in [5.74, 6) is -1.43. The molecule has 2 N–H and O–H groups in total. The Labute approximate surface area is 163 Å². The van der Waals surface area contributed by atoms with Crippen molar-refractivity contribution in [1.82, 2.24) is 9.55 Å². The molecule has 0 saturated heterocycles. The number of aromatic nitrogens is 2. The molecule has 0 aliphatic rings. The molecule has 0 spiro atoms. The summed E-state index contributed by atoms with van der Waals surface area (Å²) in [7, 11) is 1.26. The van der Waals surface area contributed by atoms with Crippen LogP contribution in [0.3, 0.4) is 0 Å². The lowest BCUT2D eigenvalue weighted by atomic mass is 10.2. The van der Waals surface area contributed by atoms with Gasteiger partial charge in [-0.2, -0.15) is 0 Å². The van der Waals surface area contributed by atoms with Crippen LogP contribution in [-0.2, 0) is 4.74 Å². The van der Waals surface area contributed by atoms with Gasteiger partial charge in [-0.1, -0.05) is 6.07 Å². The fourth-order valence-electron chi connectivity index (χ4n) is 2.45. The van der Waals surface area contributed by atoms with Gasteiger partial charge in [0.25, 0.3) is 5.56 Å². The first-order valence-corrected chi connectivity index (χ1v) is 8.38. The van der Waals surface area contributed by atoms with Crippen molar-refractivity contribution in [2.24, 2.45) is 4.99 Å². The van der Waals surface area contributed by atoms with Gasteiger partial charge in [0.05, 0.1) is 24.0 Å². The number of rotatable bonds is 4. The molecule has 0 saturated carbocycles. The lowest BCUT2D eigenvalue weighted by Crippen LogP contribution is -2.18. The van der Waals surface area contributed by atoms with Crippen LogP contribution in [0.1, 0.15) is 15.9 Å². The minimum atomic E-state index is -0.645. The van der Waals surface area contributed by atoms with E-state index in [2.05, 4.69) is 14.7 Å². The van der Waals surface area contributed by atoms with Gasteiger partial charge in [-0.15, -0.1) is 0 Å². The highest BCUT2D eigenvalue weighted by atomic mass is 32.1. The van der Waals surface area contributed by atoms with Gasteiger partial charge in [-0.05, 0) is 54.7 Å². The van der Waals surface area contributed by atoms with Gasteiger partial charge in [-0.25, -0.2) is 9.18 Å². The van der Waals surface area contributed by atoms with Crippen LogP contribution in [0, 0.1) is 10.6 Å². The molecule has 0 bridgehead atoms. The third-order valence-corrected chi connectivity index (χ3v) is 4.10. The molecule has 0 amide bonds. The lowest BCUT2D eigenvalue weighted by molar-refractivity contribution is 0.0600. The van der Waals surface area contributed by atoms with Crippen molar-refractivity contribution in [3.8, 4) is 11.6 Å². The van der Waals surface area contributed by atoms with Crippen molar-refractivity contribution < 1.29 is 19.0 Å². The minimum Gasteiger partial charge on any atom is -0.494 e. The number of aromatic hydroxyl groups is 1. The zero-order valence-electron chi connectivity index (χ0n) is 14.5. The zero-order chi connectivity index (χ0) is 20.3. The number of nitrogens with one attached hydrogen (secondary N) is 1. The Kier molecular flexibility index (Phi) is 5.46. The molecule has 1 heterocycles. The number of carbonyl (C=O) groups is 1. The van der Waals surface area contributed by atoms with Crippen molar-refractivity contribution in [2.75, 3.05) is 7.11 Å². The van der Waals surface area contributed by atoms with Gasteiger partial charge in [0.1, 0.15) is 11.4 Å². The normalized spacial score (nSPS) is 10.9. The van der Waals surface area contributed by atoms with Crippen molar-refractivity contribution in [1.29, 1.82) is 0 Å². The van der Waals surface area contributed by atoms with E-state index < -0.39 is 23.2 Å². The standard InChI is InChI=1S/C19H14FN3O4S/c1-27-18(26)11-3-2-4-13(9-11)21-10-15-16(24)22-19(28)23(17(15)25)14-7-5-12(20)6-8-14/h2-10,25H,1H3,(H,22,24,28). The molecule has 0 fully saturated rings. The number of ether oxygens (including phenoxy) is 1. The summed E-state index contributed by atoms with van der Waals surface area (Å²) in [5, 5.41) is 10.5. The summed E-state index contributed by atoms with van der Waals surface area (Å²) >= 11 is 5.10. The molecular weight excluding hydrogens is 385 g/mol. The number of benzene rings is 2. The Morgan fingerprint density at radius 2 is 2.00 bits per heavy atom. The van der Waals surface area contributed by atoms with Crippen LogP contribution in [0.25, 0.3) is 5.69 Å².